The first-order valence-corrected chi connectivity index (χ1v) is 8.81. The monoisotopic (exact) mass is 328 g/mol. The Kier molecular flexibility index (Phi) is 5.32. The lowest BCUT2D eigenvalue weighted by atomic mass is 10.1. The maximum absolute atomic E-state index is 12.3. The molecule has 2 rings (SSSR count). The number of aryl methyl sites for hydroxylation is 1. The van der Waals surface area contributed by atoms with Crippen molar-refractivity contribution in [2.75, 3.05) is 13.2 Å². The average Bonchev–Trinajstić information content (AvgIpc) is 2.91. The Morgan fingerprint density at radius 1 is 1.52 bits per heavy atom. The van der Waals surface area contributed by atoms with E-state index in [1.807, 2.05) is 0 Å². The Balaban J connectivity index is 2.03. The first kappa shape index (κ1) is 16.4. The number of ether oxygens (including phenoxy) is 1. The molecule has 0 saturated carbocycles. The van der Waals surface area contributed by atoms with Crippen molar-refractivity contribution in [3.8, 4) is 0 Å². The van der Waals surface area contributed by atoms with Gasteiger partial charge in [-0.15, -0.1) is 0 Å². The quantitative estimate of drug-likeness (QED) is 0.773. The Bertz CT molecular complexity index is 623. The van der Waals surface area contributed by atoms with Gasteiger partial charge in [-0.1, -0.05) is 18.3 Å². The molecule has 0 aliphatic carbocycles. The van der Waals surface area contributed by atoms with Gasteiger partial charge in [-0.05, 0) is 43.9 Å². The van der Waals surface area contributed by atoms with Crippen LogP contribution >= 0.6 is 12.2 Å². The van der Waals surface area contributed by atoms with Crippen LogP contribution in [0.1, 0.15) is 30.4 Å². The van der Waals surface area contributed by atoms with Gasteiger partial charge < -0.3 is 10.5 Å². The molecular weight excluding hydrogens is 308 g/mol. The summed E-state index contributed by atoms with van der Waals surface area (Å²) in [6, 6.07) is 4.86. The molecule has 0 spiro atoms. The molecule has 7 heteroatoms. The summed E-state index contributed by atoms with van der Waals surface area (Å²) >= 11 is 4.89. The van der Waals surface area contributed by atoms with Crippen molar-refractivity contribution >= 4 is 27.2 Å². The van der Waals surface area contributed by atoms with E-state index >= 15 is 0 Å². The van der Waals surface area contributed by atoms with Crippen LogP contribution in [0.15, 0.2) is 23.1 Å². The molecule has 1 saturated heterocycles. The molecule has 1 fully saturated rings. The molecule has 0 bridgehead atoms. The fourth-order valence-corrected chi connectivity index (χ4v) is 3.81. The molecule has 1 atom stereocenters. The van der Waals surface area contributed by atoms with Crippen LogP contribution in [0.4, 0.5) is 0 Å². The number of nitrogens with two attached hydrogens (primary N) is 1. The topological polar surface area (TPSA) is 81.4 Å². The van der Waals surface area contributed by atoms with Crippen LogP contribution in [0.3, 0.4) is 0 Å². The Labute approximate surface area is 130 Å². The predicted molar refractivity (Wildman–Crippen MR) is 85.8 cm³/mol. The fraction of sp³-hybridized carbons (Fsp3) is 0.500. The molecule has 116 valence electrons. The van der Waals surface area contributed by atoms with E-state index in [1.54, 1.807) is 19.1 Å². The largest absolute Gasteiger partial charge is 0.389 e. The molecule has 0 amide bonds. The number of hydrogen-bond donors (Lipinski definition) is 2. The van der Waals surface area contributed by atoms with Crippen molar-refractivity contribution in [1.29, 1.82) is 0 Å². The van der Waals surface area contributed by atoms with E-state index in [2.05, 4.69) is 4.72 Å². The van der Waals surface area contributed by atoms with E-state index in [1.165, 1.54) is 6.07 Å². The summed E-state index contributed by atoms with van der Waals surface area (Å²) in [4.78, 5) is 0.517. The van der Waals surface area contributed by atoms with Crippen LogP contribution in [0.5, 0.6) is 0 Å². The molecule has 0 aromatic heterocycles. The lowest BCUT2D eigenvalue weighted by Gasteiger charge is -2.12. The van der Waals surface area contributed by atoms with Crippen molar-refractivity contribution in [2.45, 2.75) is 37.2 Å². The third kappa shape index (κ3) is 4.23. The highest BCUT2D eigenvalue weighted by molar-refractivity contribution is 7.89. The second-order valence-corrected chi connectivity index (χ2v) is 7.34. The van der Waals surface area contributed by atoms with Gasteiger partial charge in [0.1, 0.15) is 4.99 Å². The van der Waals surface area contributed by atoms with E-state index in [0.717, 1.165) is 19.4 Å². The predicted octanol–water partition coefficient (Wildman–Crippen LogP) is 1.48. The summed E-state index contributed by atoms with van der Waals surface area (Å²) in [5.41, 5.74) is 6.84. The smallest absolute Gasteiger partial charge is 0.240 e. The highest BCUT2D eigenvalue weighted by Gasteiger charge is 2.19. The standard InChI is InChI=1S/C14H20N2O3S2/c1-10-9-11(14(15)20)4-5-13(10)21(17,18)16-7-6-12-3-2-8-19-12/h4-5,9,12,16H,2-3,6-8H2,1H3,(H2,15,20). The number of rotatable bonds is 6. The van der Waals surface area contributed by atoms with Crippen molar-refractivity contribution in [3.05, 3.63) is 29.3 Å². The second kappa shape index (κ2) is 6.83. The number of hydrogen-bond acceptors (Lipinski definition) is 4. The van der Waals surface area contributed by atoms with Crippen molar-refractivity contribution in [3.63, 3.8) is 0 Å². The summed E-state index contributed by atoms with van der Waals surface area (Å²) in [5.74, 6) is 0. The molecule has 1 aromatic carbocycles. The summed E-state index contributed by atoms with van der Waals surface area (Å²) < 4.78 is 32.7. The van der Waals surface area contributed by atoms with Gasteiger partial charge in [0.2, 0.25) is 10.0 Å². The third-order valence-electron chi connectivity index (χ3n) is 3.53. The van der Waals surface area contributed by atoms with Crippen LogP contribution < -0.4 is 10.5 Å². The minimum Gasteiger partial charge on any atom is -0.389 e. The minimum absolute atomic E-state index is 0.172. The van der Waals surface area contributed by atoms with Crippen molar-refractivity contribution < 1.29 is 13.2 Å². The average molecular weight is 328 g/mol. The molecule has 1 aliphatic rings. The van der Waals surface area contributed by atoms with E-state index in [-0.39, 0.29) is 16.0 Å². The normalized spacial score (nSPS) is 18.8. The van der Waals surface area contributed by atoms with E-state index < -0.39 is 10.0 Å². The third-order valence-corrected chi connectivity index (χ3v) is 5.39. The molecule has 21 heavy (non-hydrogen) atoms. The highest BCUT2D eigenvalue weighted by atomic mass is 32.2. The summed E-state index contributed by atoms with van der Waals surface area (Å²) in [6.07, 6.45) is 2.93. The maximum atomic E-state index is 12.3. The van der Waals surface area contributed by atoms with Crippen LogP contribution in [0, 0.1) is 6.92 Å². The van der Waals surface area contributed by atoms with Crippen molar-refractivity contribution in [2.24, 2.45) is 5.73 Å². The summed E-state index contributed by atoms with van der Waals surface area (Å²) in [5, 5.41) is 0. The molecule has 1 aliphatic heterocycles. The van der Waals surface area contributed by atoms with Gasteiger partial charge in [-0.25, -0.2) is 13.1 Å². The molecule has 1 heterocycles. The molecule has 1 aromatic rings. The fourth-order valence-electron chi connectivity index (χ4n) is 2.41. The number of thiocarbonyl (C=S) groups is 1. The summed E-state index contributed by atoms with van der Waals surface area (Å²) in [6.45, 7) is 2.89. The lowest BCUT2D eigenvalue weighted by molar-refractivity contribution is 0.105. The minimum atomic E-state index is -3.51. The second-order valence-electron chi connectivity index (χ2n) is 5.17. The SMILES string of the molecule is Cc1cc(C(N)=S)ccc1S(=O)(=O)NCCC1CCCO1. The number of sulfonamides is 1. The van der Waals surface area contributed by atoms with Gasteiger partial charge >= 0.3 is 0 Å². The van der Waals surface area contributed by atoms with Gasteiger partial charge in [0.05, 0.1) is 11.0 Å². The molecule has 1 unspecified atom stereocenters. The Morgan fingerprint density at radius 2 is 2.29 bits per heavy atom. The molecule has 3 N–H and O–H groups in total. The van der Waals surface area contributed by atoms with Gasteiger partial charge in [0, 0.05) is 18.7 Å². The first-order valence-electron chi connectivity index (χ1n) is 6.92. The van der Waals surface area contributed by atoms with E-state index in [9.17, 15) is 8.42 Å². The summed E-state index contributed by atoms with van der Waals surface area (Å²) in [7, 11) is -3.51. The lowest BCUT2D eigenvalue weighted by Crippen LogP contribution is -2.28. The van der Waals surface area contributed by atoms with Crippen LogP contribution in [0.2, 0.25) is 0 Å². The first-order chi connectivity index (χ1) is 9.90. The van der Waals surface area contributed by atoms with Gasteiger partial charge in [-0.3, -0.25) is 0 Å². The molecule has 5 nitrogen and oxygen atoms in total. The Morgan fingerprint density at radius 3 is 2.86 bits per heavy atom. The maximum Gasteiger partial charge on any atom is 0.240 e. The molecular formula is C14H20N2O3S2. The van der Waals surface area contributed by atoms with Gasteiger partial charge in [0.25, 0.3) is 0 Å². The van der Waals surface area contributed by atoms with E-state index in [0.29, 0.717) is 24.1 Å². The Hall–Kier alpha value is -1.02. The zero-order valence-electron chi connectivity index (χ0n) is 12.0. The van der Waals surface area contributed by atoms with Crippen LogP contribution in [-0.4, -0.2) is 32.7 Å². The number of benzene rings is 1. The van der Waals surface area contributed by atoms with Gasteiger partial charge in [-0.2, -0.15) is 0 Å². The van der Waals surface area contributed by atoms with Crippen molar-refractivity contribution in [1.82, 2.24) is 4.72 Å². The van der Waals surface area contributed by atoms with E-state index in [4.69, 9.17) is 22.7 Å². The molecule has 0 radical (unpaired) electrons. The highest BCUT2D eigenvalue weighted by Crippen LogP contribution is 2.18. The van der Waals surface area contributed by atoms with Crippen LogP contribution in [-0.2, 0) is 14.8 Å². The zero-order valence-corrected chi connectivity index (χ0v) is 13.6. The number of nitrogens with one attached hydrogen (secondary N) is 1. The zero-order chi connectivity index (χ0) is 15.5. The van der Waals surface area contributed by atoms with Crippen LogP contribution in [0.25, 0.3) is 0 Å². The van der Waals surface area contributed by atoms with Gasteiger partial charge in [0.15, 0.2) is 0 Å².